The molecule has 0 aliphatic rings. The van der Waals surface area contributed by atoms with Gasteiger partial charge in [-0.3, -0.25) is 0 Å². The molecule has 1 N–H and O–H groups in total. The highest BCUT2D eigenvalue weighted by atomic mass is 16.3. The quantitative estimate of drug-likeness (QED) is 0.695. The van der Waals surface area contributed by atoms with Crippen LogP contribution in [0.15, 0.2) is 24.8 Å². The van der Waals surface area contributed by atoms with Crippen molar-refractivity contribution in [1.29, 1.82) is 0 Å². The van der Waals surface area contributed by atoms with Gasteiger partial charge < -0.3 is 5.11 Å². The van der Waals surface area contributed by atoms with E-state index in [9.17, 15) is 5.11 Å². The molecule has 0 heterocycles. The van der Waals surface area contributed by atoms with E-state index in [-0.39, 0.29) is 5.41 Å². The molecule has 1 nitrogen and oxygen atoms in total. The van der Waals surface area contributed by atoms with Crippen LogP contribution in [0.25, 0.3) is 6.08 Å². The molecule has 0 aliphatic heterocycles. The summed E-state index contributed by atoms with van der Waals surface area (Å²) in [5.41, 5.74) is 2.12. The van der Waals surface area contributed by atoms with Gasteiger partial charge in [-0.1, -0.05) is 39.5 Å². The Morgan fingerprint density at radius 1 is 1.31 bits per heavy atom. The SMILES string of the molecule is C=Cc1cc(C(C)(C)C)ccc1O. The fraction of sp³-hybridized carbons (Fsp3) is 0.333. The molecule has 0 spiro atoms. The van der Waals surface area contributed by atoms with Crippen molar-refractivity contribution in [3.63, 3.8) is 0 Å². The lowest BCUT2D eigenvalue weighted by Gasteiger charge is -2.19. The number of benzene rings is 1. The molecule has 0 aliphatic carbocycles. The molecule has 0 amide bonds. The van der Waals surface area contributed by atoms with Crippen molar-refractivity contribution in [3.8, 4) is 5.75 Å². The average molecular weight is 176 g/mol. The van der Waals surface area contributed by atoms with Gasteiger partial charge in [0.2, 0.25) is 0 Å². The van der Waals surface area contributed by atoms with Crippen LogP contribution >= 0.6 is 0 Å². The summed E-state index contributed by atoms with van der Waals surface area (Å²) < 4.78 is 0. The molecule has 0 aromatic heterocycles. The molecule has 0 atom stereocenters. The maximum atomic E-state index is 9.43. The van der Waals surface area contributed by atoms with E-state index in [1.54, 1.807) is 12.1 Å². The van der Waals surface area contributed by atoms with Crippen LogP contribution in [0.3, 0.4) is 0 Å². The standard InChI is InChI=1S/C12H16O/c1-5-9-8-10(12(2,3)4)6-7-11(9)13/h5-8,13H,1H2,2-4H3. The van der Waals surface area contributed by atoms with Crippen LogP contribution in [0.5, 0.6) is 5.75 Å². The van der Waals surface area contributed by atoms with E-state index in [0.29, 0.717) is 5.75 Å². The van der Waals surface area contributed by atoms with Gasteiger partial charge in [0.15, 0.2) is 0 Å². The van der Waals surface area contributed by atoms with Gasteiger partial charge in [0.1, 0.15) is 5.75 Å². The summed E-state index contributed by atoms with van der Waals surface area (Å²) in [6.45, 7) is 10.1. The Hall–Kier alpha value is -1.24. The second kappa shape index (κ2) is 3.25. The Kier molecular flexibility index (Phi) is 2.46. The Morgan fingerprint density at radius 2 is 1.92 bits per heavy atom. The Bertz CT molecular complexity index is 318. The largest absolute Gasteiger partial charge is 0.507 e. The molecule has 1 aromatic rings. The molecule has 0 unspecified atom stereocenters. The Morgan fingerprint density at radius 3 is 2.38 bits per heavy atom. The van der Waals surface area contributed by atoms with E-state index in [2.05, 4.69) is 27.4 Å². The second-order valence-electron chi connectivity index (χ2n) is 4.23. The summed E-state index contributed by atoms with van der Waals surface area (Å²) in [6.07, 6.45) is 1.67. The molecular formula is C12H16O. The zero-order valence-corrected chi connectivity index (χ0v) is 8.46. The van der Waals surface area contributed by atoms with Crippen LogP contribution in [-0.4, -0.2) is 5.11 Å². The highest BCUT2D eigenvalue weighted by Crippen LogP contribution is 2.27. The lowest BCUT2D eigenvalue weighted by atomic mass is 9.86. The number of hydrogen-bond donors (Lipinski definition) is 1. The van der Waals surface area contributed by atoms with Crippen molar-refractivity contribution in [3.05, 3.63) is 35.9 Å². The maximum Gasteiger partial charge on any atom is 0.122 e. The summed E-state index contributed by atoms with van der Waals surface area (Å²) >= 11 is 0. The average Bonchev–Trinajstić information content (AvgIpc) is 2.03. The number of phenolic OH excluding ortho intramolecular Hbond substituents is 1. The third-order valence-corrected chi connectivity index (χ3v) is 2.11. The number of hydrogen-bond acceptors (Lipinski definition) is 1. The second-order valence-corrected chi connectivity index (χ2v) is 4.23. The van der Waals surface area contributed by atoms with Crippen molar-refractivity contribution in [2.24, 2.45) is 0 Å². The van der Waals surface area contributed by atoms with Crippen LogP contribution in [0.4, 0.5) is 0 Å². The smallest absolute Gasteiger partial charge is 0.122 e. The van der Waals surface area contributed by atoms with Gasteiger partial charge in [-0.05, 0) is 23.1 Å². The minimum absolute atomic E-state index is 0.117. The molecule has 0 fully saturated rings. The van der Waals surface area contributed by atoms with E-state index in [1.807, 2.05) is 12.1 Å². The molecule has 13 heavy (non-hydrogen) atoms. The monoisotopic (exact) mass is 176 g/mol. The van der Waals surface area contributed by atoms with Crippen LogP contribution in [-0.2, 0) is 5.41 Å². The molecular weight excluding hydrogens is 160 g/mol. The van der Waals surface area contributed by atoms with Crippen LogP contribution in [0.1, 0.15) is 31.9 Å². The predicted octanol–water partition coefficient (Wildman–Crippen LogP) is 3.33. The normalized spacial score (nSPS) is 11.3. The van der Waals surface area contributed by atoms with Crippen LogP contribution in [0.2, 0.25) is 0 Å². The third-order valence-electron chi connectivity index (χ3n) is 2.11. The summed E-state index contributed by atoms with van der Waals surface area (Å²) in [5, 5.41) is 9.43. The third kappa shape index (κ3) is 2.11. The lowest BCUT2D eigenvalue weighted by Crippen LogP contribution is -2.10. The maximum absolute atomic E-state index is 9.43. The summed E-state index contributed by atoms with van der Waals surface area (Å²) in [5.74, 6) is 0.294. The van der Waals surface area contributed by atoms with Gasteiger partial charge in [0.25, 0.3) is 0 Å². The van der Waals surface area contributed by atoms with Crippen molar-refractivity contribution in [2.45, 2.75) is 26.2 Å². The molecule has 1 heteroatoms. The van der Waals surface area contributed by atoms with E-state index >= 15 is 0 Å². The minimum atomic E-state index is 0.117. The molecule has 0 bridgehead atoms. The zero-order valence-electron chi connectivity index (χ0n) is 8.46. The van der Waals surface area contributed by atoms with E-state index in [0.717, 1.165) is 5.56 Å². The molecule has 70 valence electrons. The first-order valence-corrected chi connectivity index (χ1v) is 4.41. The fourth-order valence-corrected chi connectivity index (χ4v) is 1.18. The predicted molar refractivity (Wildman–Crippen MR) is 56.9 cm³/mol. The highest BCUT2D eigenvalue weighted by molar-refractivity contribution is 5.56. The van der Waals surface area contributed by atoms with Gasteiger partial charge in [-0.15, -0.1) is 0 Å². The van der Waals surface area contributed by atoms with Gasteiger partial charge >= 0.3 is 0 Å². The highest BCUT2D eigenvalue weighted by Gasteiger charge is 2.14. The Labute approximate surface area is 79.7 Å². The summed E-state index contributed by atoms with van der Waals surface area (Å²) in [7, 11) is 0. The van der Waals surface area contributed by atoms with E-state index in [4.69, 9.17) is 0 Å². The van der Waals surface area contributed by atoms with Crippen molar-refractivity contribution in [2.75, 3.05) is 0 Å². The molecule has 0 saturated carbocycles. The zero-order chi connectivity index (χ0) is 10.1. The first-order valence-electron chi connectivity index (χ1n) is 4.41. The first-order chi connectivity index (χ1) is 5.95. The summed E-state index contributed by atoms with van der Waals surface area (Å²) in [4.78, 5) is 0. The minimum Gasteiger partial charge on any atom is -0.507 e. The van der Waals surface area contributed by atoms with E-state index in [1.165, 1.54) is 5.56 Å². The number of phenols is 1. The molecule has 0 saturated heterocycles. The topological polar surface area (TPSA) is 20.2 Å². The molecule has 0 radical (unpaired) electrons. The van der Waals surface area contributed by atoms with Gasteiger partial charge in [-0.25, -0.2) is 0 Å². The molecule has 1 aromatic carbocycles. The van der Waals surface area contributed by atoms with Crippen LogP contribution in [0, 0.1) is 0 Å². The van der Waals surface area contributed by atoms with Crippen molar-refractivity contribution >= 4 is 6.08 Å². The molecule has 1 rings (SSSR count). The van der Waals surface area contributed by atoms with Crippen molar-refractivity contribution in [1.82, 2.24) is 0 Å². The fourth-order valence-electron chi connectivity index (χ4n) is 1.18. The van der Waals surface area contributed by atoms with Crippen LogP contribution < -0.4 is 0 Å². The number of aromatic hydroxyl groups is 1. The van der Waals surface area contributed by atoms with Gasteiger partial charge in [0, 0.05) is 5.56 Å². The summed E-state index contributed by atoms with van der Waals surface area (Å²) in [6, 6.07) is 5.64. The Balaban J connectivity index is 3.21. The van der Waals surface area contributed by atoms with Gasteiger partial charge in [-0.2, -0.15) is 0 Å². The van der Waals surface area contributed by atoms with E-state index < -0.39 is 0 Å². The van der Waals surface area contributed by atoms with Gasteiger partial charge in [0.05, 0.1) is 0 Å². The lowest BCUT2D eigenvalue weighted by molar-refractivity contribution is 0.472. The van der Waals surface area contributed by atoms with Crippen molar-refractivity contribution < 1.29 is 5.11 Å². The first kappa shape index (κ1) is 9.85. The number of rotatable bonds is 1.